The van der Waals surface area contributed by atoms with Gasteiger partial charge in [0.05, 0.1) is 12.3 Å². The zero-order chi connectivity index (χ0) is 15.2. The van der Waals surface area contributed by atoms with E-state index < -0.39 is 10.0 Å². The van der Waals surface area contributed by atoms with Crippen molar-refractivity contribution >= 4 is 27.4 Å². The van der Waals surface area contributed by atoms with E-state index in [1.807, 2.05) is 0 Å². The van der Waals surface area contributed by atoms with Crippen LogP contribution in [-0.2, 0) is 19.6 Å². The topological polar surface area (TPSA) is 125 Å². The van der Waals surface area contributed by atoms with Gasteiger partial charge in [0.1, 0.15) is 4.90 Å². The van der Waals surface area contributed by atoms with Crippen LogP contribution in [0.5, 0.6) is 0 Å². The molecule has 0 saturated heterocycles. The molecule has 1 aromatic carbocycles. The van der Waals surface area contributed by atoms with Gasteiger partial charge in [0.2, 0.25) is 10.0 Å². The third kappa shape index (κ3) is 5.06. The number of esters is 1. The predicted octanol–water partition coefficient (Wildman–Crippen LogP) is 0.671. The number of ether oxygens (including phenoxy) is 1. The second-order valence-corrected chi connectivity index (χ2v) is 5.66. The van der Waals surface area contributed by atoms with E-state index in [1.165, 1.54) is 12.1 Å². The molecule has 8 heteroatoms. The summed E-state index contributed by atoms with van der Waals surface area (Å²) in [5.41, 5.74) is 6.38. The highest BCUT2D eigenvalue weighted by Gasteiger charge is 2.12. The summed E-state index contributed by atoms with van der Waals surface area (Å²) in [5.74, 6) is -0.238. The first-order chi connectivity index (χ1) is 9.34. The van der Waals surface area contributed by atoms with Crippen molar-refractivity contribution in [2.24, 2.45) is 5.14 Å². The van der Waals surface area contributed by atoms with E-state index in [4.69, 9.17) is 15.6 Å². The monoisotopic (exact) mass is 301 g/mol. The van der Waals surface area contributed by atoms with Gasteiger partial charge in [0.25, 0.3) is 0 Å². The van der Waals surface area contributed by atoms with Crippen LogP contribution in [0, 0.1) is 0 Å². The second-order valence-electron chi connectivity index (χ2n) is 4.13. The Morgan fingerprint density at radius 1 is 1.40 bits per heavy atom. The average molecular weight is 301 g/mol. The molecule has 0 aliphatic rings. The third-order valence-electron chi connectivity index (χ3n) is 2.51. The minimum atomic E-state index is -3.81. The van der Waals surface area contributed by atoms with Crippen LogP contribution in [0.2, 0.25) is 0 Å². The molecule has 0 aliphatic carbocycles. The lowest BCUT2D eigenvalue weighted by molar-refractivity contribution is -0.143. The molecule has 0 heterocycles. The molecule has 0 radical (unpaired) electrons. The Hall–Kier alpha value is -1.80. The Morgan fingerprint density at radius 3 is 2.65 bits per heavy atom. The fourth-order valence-electron chi connectivity index (χ4n) is 1.62. The van der Waals surface area contributed by atoms with Gasteiger partial charge in [-0.05, 0) is 31.5 Å². The number of nitrogens with two attached hydrogens (primary N) is 2. The minimum absolute atomic E-state index is 0.0860. The summed E-state index contributed by atoms with van der Waals surface area (Å²) in [7, 11) is -3.81. The van der Waals surface area contributed by atoms with E-state index in [0.717, 1.165) is 0 Å². The van der Waals surface area contributed by atoms with Gasteiger partial charge < -0.3 is 15.8 Å². The van der Waals surface area contributed by atoms with Crippen molar-refractivity contribution in [2.75, 3.05) is 24.2 Å². The second kappa shape index (κ2) is 7.11. The summed E-state index contributed by atoms with van der Waals surface area (Å²) in [4.78, 5) is 11.0. The van der Waals surface area contributed by atoms with Crippen LogP contribution in [0.4, 0.5) is 11.4 Å². The van der Waals surface area contributed by atoms with Crippen molar-refractivity contribution in [2.45, 2.75) is 24.7 Å². The maximum atomic E-state index is 11.2. The molecule has 0 aliphatic heterocycles. The Morgan fingerprint density at radius 2 is 2.10 bits per heavy atom. The highest BCUT2D eigenvalue weighted by atomic mass is 32.2. The molecular weight excluding hydrogens is 282 g/mol. The molecular formula is C12H19N3O4S. The largest absolute Gasteiger partial charge is 0.466 e. The first-order valence-corrected chi connectivity index (χ1v) is 7.71. The molecule has 0 bridgehead atoms. The summed E-state index contributed by atoms with van der Waals surface area (Å²) in [6, 6.07) is 4.41. The Balaban J connectivity index is 2.50. The SMILES string of the molecule is CCOC(=O)CCCNc1ccc(S(N)(=O)=O)c(N)c1. The van der Waals surface area contributed by atoms with Gasteiger partial charge in [0, 0.05) is 18.7 Å². The molecule has 0 amide bonds. The number of hydrogen-bond donors (Lipinski definition) is 3. The lowest BCUT2D eigenvalue weighted by Gasteiger charge is -2.09. The van der Waals surface area contributed by atoms with E-state index in [0.29, 0.717) is 31.7 Å². The van der Waals surface area contributed by atoms with Crippen molar-refractivity contribution in [3.63, 3.8) is 0 Å². The van der Waals surface area contributed by atoms with Crippen LogP contribution in [0.15, 0.2) is 23.1 Å². The molecule has 20 heavy (non-hydrogen) atoms. The summed E-state index contributed by atoms with van der Waals surface area (Å²) in [6.45, 7) is 2.68. The first-order valence-electron chi connectivity index (χ1n) is 6.16. The first kappa shape index (κ1) is 16.3. The van der Waals surface area contributed by atoms with Gasteiger partial charge in [-0.2, -0.15) is 0 Å². The van der Waals surface area contributed by atoms with Gasteiger partial charge in [-0.1, -0.05) is 0 Å². The van der Waals surface area contributed by atoms with E-state index in [2.05, 4.69) is 5.32 Å². The molecule has 0 unspecified atom stereocenters. The minimum Gasteiger partial charge on any atom is -0.466 e. The molecule has 1 aromatic rings. The summed E-state index contributed by atoms with van der Waals surface area (Å²) in [5, 5.41) is 8.05. The summed E-state index contributed by atoms with van der Waals surface area (Å²) in [6.07, 6.45) is 0.932. The summed E-state index contributed by atoms with van der Waals surface area (Å²) >= 11 is 0. The predicted molar refractivity (Wildman–Crippen MR) is 76.6 cm³/mol. The number of hydrogen-bond acceptors (Lipinski definition) is 6. The Bertz CT molecular complexity index is 572. The fourth-order valence-corrected chi connectivity index (χ4v) is 2.26. The van der Waals surface area contributed by atoms with Crippen LogP contribution < -0.4 is 16.2 Å². The number of carbonyl (C=O) groups is 1. The number of nitrogen functional groups attached to an aromatic ring is 1. The zero-order valence-corrected chi connectivity index (χ0v) is 12.1. The molecule has 0 aromatic heterocycles. The van der Waals surface area contributed by atoms with Crippen molar-refractivity contribution in [3.05, 3.63) is 18.2 Å². The molecule has 7 nitrogen and oxygen atoms in total. The maximum absolute atomic E-state index is 11.2. The van der Waals surface area contributed by atoms with Crippen LogP contribution in [-0.4, -0.2) is 27.5 Å². The number of anilines is 2. The normalized spacial score (nSPS) is 11.1. The number of sulfonamides is 1. The van der Waals surface area contributed by atoms with Crippen molar-refractivity contribution in [3.8, 4) is 0 Å². The third-order valence-corrected chi connectivity index (χ3v) is 3.49. The van der Waals surface area contributed by atoms with Gasteiger partial charge in [-0.25, -0.2) is 13.6 Å². The molecule has 1 rings (SSSR count). The molecule has 0 spiro atoms. The number of primary sulfonamides is 1. The van der Waals surface area contributed by atoms with E-state index >= 15 is 0 Å². The van der Waals surface area contributed by atoms with Gasteiger partial charge in [-0.15, -0.1) is 0 Å². The van der Waals surface area contributed by atoms with Crippen molar-refractivity contribution < 1.29 is 17.9 Å². The summed E-state index contributed by atoms with van der Waals surface area (Å²) < 4.78 is 27.2. The quantitative estimate of drug-likeness (QED) is 0.386. The lowest BCUT2D eigenvalue weighted by atomic mass is 10.2. The van der Waals surface area contributed by atoms with Gasteiger partial charge in [-0.3, -0.25) is 4.79 Å². The van der Waals surface area contributed by atoms with E-state index in [9.17, 15) is 13.2 Å². The molecule has 5 N–H and O–H groups in total. The van der Waals surface area contributed by atoms with Crippen LogP contribution >= 0.6 is 0 Å². The van der Waals surface area contributed by atoms with Crippen LogP contribution in [0.25, 0.3) is 0 Å². The Kier molecular flexibility index (Phi) is 5.78. The molecule has 0 saturated carbocycles. The number of benzene rings is 1. The number of nitrogens with one attached hydrogen (secondary N) is 1. The number of rotatable bonds is 7. The molecule has 0 atom stereocenters. The average Bonchev–Trinajstić information content (AvgIpc) is 2.33. The molecule has 112 valence electrons. The van der Waals surface area contributed by atoms with Crippen LogP contribution in [0.3, 0.4) is 0 Å². The number of carbonyl (C=O) groups excluding carboxylic acids is 1. The standard InChI is InChI=1S/C12H19N3O4S/c1-2-19-12(16)4-3-7-15-9-5-6-11(10(13)8-9)20(14,17)18/h5-6,8,15H,2-4,7,13H2,1H3,(H2,14,17,18). The molecule has 0 fully saturated rings. The highest BCUT2D eigenvalue weighted by molar-refractivity contribution is 7.89. The van der Waals surface area contributed by atoms with Gasteiger partial charge >= 0.3 is 5.97 Å². The zero-order valence-electron chi connectivity index (χ0n) is 11.3. The lowest BCUT2D eigenvalue weighted by Crippen LogP contribution is -2.14. The maximum Gasteiger partial charge on any atom is 0.305 e. The smallest absolute Gasteiger partial charge is 0.305 e. The Labute approximate surface area is 118 Å². The fraction of sp³-hybridized carbons (Fsp3) is 0.417. The van der Waals surface area contributed by atoms with Crippen molar-refractivity contribution in [1.29, 1.82) is 0 Å². The van der Waals surface area contributed by atoms with E-state index in [-0.39, 0.29) is 16.6 Å². The highest BCUT2D eigenvalue weighted by Crippen LogP contribution is 2.21. The van der Waals surface area contributed by atoms with Gasteiger partial charge in [0.15, 0.2) is 0 Å². The van der Waals surface area contributed by atoms with E-state index in [1.54, 1.807) is 13.0 Å². The van der Waals surface area contributed by atoms with Crippen molar-refractivity contribution in [1.82, 2.24) is 0 Å². The van der Waals surface area contributed by atoms with Crippen LogP contribution in [0.1, 0.15) is 19.8 Å².